The summed E-state index contributed by atoms with van der Waals surface area (Å²) in [6, 6.07) is 4.70. The lowest BCUT2D eigenvalue weighted by molar-refractivity contribution is -0.137. The number of benzene rings is 1. The molecule has 0 radical (unpaired) electrons. The van der Waals surface area contributed by atoms with Gasteiger partial charge in [0.05, 0.1) is 6.42 Å². The van der Waals surface area contributed by atoms with E-state index in [1.54, 1.807) is 0 Å². The fourth-order valence-corrected chi connectivity index (χ4v) is 1.19. The molecule has 0 aliphatic heterocycles. The Bertz CT molecular complexity index is 338. The van der Waals surface area contributed by atoms with Crippen LogP contribution in [0, 0.1) is 0 Å². The Morgan fingerprint density at radius 2 is 1.73 bits per heavy atom. The van der Waals surface area contributed by atoms with E-state index in [1.807, 2.05) is 0 Å². The molecule has 0 aliphatic carbocycles. The van der Waals surface area contributed by atoms with Crippen molar-refractivity contribution in [3.8, 4) is 0 Å². The van der Waals surface area contributed by atoms with Gasteiger partial charge in [-0.2, -0.15) is 0 Å². The molecule has 0 saturated carbocycles. The summed E-state index contributed by atoms with van der Waals surface area (Å²) < 4.78 is 24.4. The zero-order chi connectivity index (χ0) is 11.4. The van der Waals surface area contributed by atoms with Crippen LogP contribution < -0.4 is 5.73 Å². The maximum Gasteiger partial charge on any atom is 0.305 e. The van der Waals surface area contributed by atoms with Gasteiger partial charge in [0.2, 0.25) is 0 Å². The second-order valence-corrected chi connectivity index (χ2v) is 3.17. The van der Waals surface area contributed by atoms with Crippen LogP contribution in [0.5, 0.6) is 0 Å². The topological polar surface area (TPSA) is 63.3 Å². The molecule has 1 unspecified atom stereocenters. The molecule has 0 amide bonds. The number of alkyl halides is 2. The largest absolute Gasteiger partial charge is 0.481 e. The maximum atomic E-state index is 12.2. The molecule has 1 rings (SSSR count). The quantitative estimate of drug-likeness (QED) is 0.808. The number of carboxylic acid groups (broad SMARTS) is 1. The minimum atomic E-state index is -2.52. The fraction of sp³-hybridized carbons (Fsp3) is 0.300. The van der Waals surface area contributed by atoms with Crippen LogP contribution >= 0.6 is 0 Å². The van der Waals surface area contributed by atoms with E-state index in [2.05, 4.69) is 0 Å². The molecule has 1 aromatic rings. The van der Waals surface area contributed by atoms with Crippen molar-refractivity contribution in [2.75, 3.05) is 0 Å². The summed E-state index contributed by atoms with van der Waals surface area (Å²) in [7, 11) is 0. The zero-order valence-corrected chi connectivity index (χ0v) is 7.86. The highest BCUT2D eigenvalue weighted by atomic mass is 19.3. The van der Waals surface area contributed by atoms with Gasteiger partial charge < -0.3 is 10.8 Å². The number of hydrogen-bond donors (Lipinski definition) is 2. The summed E-state index contributed by atoms with van der Waals surface area (Å²) >= 11 is 0. The first-order valence-corrected chi connectivity index (χ1v) is 4.36. The molecule has 1 atom stereocenters. The van der Waals surface area contributed by atoms with Crippen molar-refractivity contribution in [2.45, 2.75) is 18.9 Å². The lowest BCUT2D eigenvalue weighted by Crippen LogP contribution is -2.14. The summed E-state index contributed by atoms with van der Waals surface area (Å²) in [6.07, 6.45) is -2.73. The molecule has 0 fully saturated rings. The molecule has 1 aromatic carbocycles. The Hall–Kier alpha value is -1.49. The third-order valence-corrected chi connectivity index (χ3v) is 2.01. The molecule has 15 heavy (non-hydrogen) atoms. The predicted molar refractivity (Wildman–Crippen MR) is 50.6 cm³/mol. The minimum absolute atomic E-state index is 0.0960. The molecular weight excluding hydrogens is 204 g/mol. The van der Waals surface area contributed by atoms with E-state index in [4.69, 9.17) is 10.8 Å². The van der Waals surface area contributed by atoms with Crippen LogP contribution in [0.1, 0.15) is 30.0 Å². The highest BCUT2D eigenvalue weighted by molar-refractivity contribution is 5.67. The average Bonchev–Trinajstić information content (AvgIpc) is 2.17. The van der Waals surface area contributed by atoms with Crippen LogP contribution in [0.4, 0.5) is 8.78 Å². The van der Waals surface area contributed by atoms with Gasteiger partial charge in [0.1, 0.15) is 0 Å². The van der Waals surface area contributed by atoms with Crippen LogP contribution in [0.25, 0.3) is 0 Å². The molecule has 82 valence electrons. The molecular formula is C10H11F2NO2. The van der Waals surface area contributed by atoms with Crippen LogP contribution in [0.3, 0.4) is 0 Å². The molecule has 0 heterocycles. The van der Waals surface area contributed by atoms with Crippen molar-refractivity contribution < 1.29 is 18.7 Å². The molecule has 0 saturated heterocycles. The van der Waals surface area contributed by atoms with Gasteiger partial charge in [0.25, 0.3) is 6.43 Å². The first-order chi connectivity index (χ1) is 7.00. The summed E-state index contributed by atoms with van der Waals surface area (Å²) in [6.45, 7) is 0. The number of nitrogens with two attached hydrogens (primary N) is 1. The SMILES string of the molecule is NC(CC(=O)O)c1ccc(C(F)F)cc1. The van der Waals surface area contributed by atoms with E-state index >= 15 is 0 Å². The molecule has 0 spiro atoms. The Balaban J connectivity index is 2.75. The number of carbonyl (C=O) groups is 1. The molecule has 0 aliphatic rings. The summed E-state index contributed by atoms with van der Waals surface area (Å²) in [4.78, 5) is 10.4. The number of carboxylic acids is 1. The maximum absolute atomic E-state index is 12.2. The fourth-order valence-electron chi connectivity index (χ4n) is 1.19. The number of rotatable bonds is 4. The lowest BCUT2D eigenvalue weighted by Gasteiger charge is -2.09. The van der Waals surface area contributed by atoms with Crippen LogP contribution in [-0.2, 0) is 4.79 Å². The van der Waals surface area contributed by atoms with Crippen molar-refractivity contribution in [3.63, 3.8) is 0 Å². The second-order valence-electron chi connectivity index (χ2n) is 3.17. The first kappa shape index (κ1) is 11.6. The van der Waals surface area contributed by atoms with Gasteiger partial charge in [-0.05, 0) is 5.56 Å². The molecule has 3 N–H and O–H groups in total. The van der Waals surface area contributed by atoms with Gasteiger partial charge in [0.15, 0.2) is 0 Å². The monoisotopic (exact) mass is 215 g/mol. The number of hydrogen-bond acceptors (Lipinski definition) is 2. The normalized spacial score (nSPS) is 12.8. The summed E-state index contributed by atoms with van der Waals surface area (Å²) in [5.74, 6) is -1.01. The highest BCUT2D eigenvalue weighted by Crippen LogP contribution is 2.21. The van der Waals surface area contributed by atoms with Crippen molar-refractivity contribution in [2.24, 2.45) is 5.73 Å². The van der Waals surface area contributed by atoms with E-state index < -0.39 is 18.4 Å². The smallest absolute Gasteiger partial charge is 0.305 e. The third kappa shape index (κ3) is 3.28. The molecule has 3 nitrogen and oxygen atoms in total. The Labute approximate surface area is 85.5 Å². The van der Waals surface area contributed by atoms with Crippen molar-refractivity contribution in [1.29, 1.82) is 0 Å². The van der Waals surface area contributed by atoms with Gasteiger partial charge in [-0.1, -0.05) is 24.3 Å². The standard InChI is InChI=1S/C10H11F2NO2/c11-10(12)7-3-1-6(2-4-7)8(13)5-9(14)15/h1-4,8,10H,5,13H2,(H,14,15). The number of aliphatic carboxylic acids is 1. The van der Waals surface area contributed by atoms with E-state index in [1.165, 1.54) is 24.3 Å². The second kappa shape index (κ2) is 4.84. The average molecular weight is 215 g/mol. The third-order valence-electron chi connectivity index (χ3n) is 2.01. The zero-order valence-electron chi connectivity index (χ0n) is 7.86. The van der Waals surface area contributed by atoms with Crippen molar-refractivity contribution >= 4 is 5.97 Å². The van der Waals surface area contributed by atoms with Crippen LogP contribution in [-0.4, -0.2) is 11.1 Å². The van der Waals surface area contributed by atoms with E-state index in [0.717, 1.165) is 0 Å². The van der Waals surface area contributed by atoms with Crippen LogP contribution in [0.15, 0.2) is 24.3 Å². The molecule has 0 bridgehead atoms. The Kier molecular flexibility index (Phi) is 3.74. The van der Waals surface area contributed by atoms with Gasteiger partial charge in [-0.3, -0.25) is 4.79 Å². The van der Waals surface area contributed by atoms with E-state index in [-0.39, 0.29) is 12.0 Å². The Morgan fingerprint density at radius 1 is 1.27 bits per heavy atom. The van der Waals surface area contributed by atoms with Crippen LogP contribution in [0.2, 0.25) is 0 Å². The predicted octanol–water partition coefficient (Wildman–Crippen LogP) is 2.10. The van der Waals surface area contributed by atoms with Crippen molar-refractivity contribution in [1.82, 2.24) is 0 Å². The molecule has 0 aromatic heterocycles. The minimum Gasteiger partial charge on any atom is -0.481 e. The highest BCUT2D eigenvalue weighted by Gasteiger charge is 2.12. The van der Waals surface area contributed by atoms with Gasteiger partial charge in [0, 0.05) is 11.6 Å². The summed E-state index contributed by atoms with van der Waals surface area (Å²) in [5, 5.41) is 8.49. The van der Waals surface area contributed by atoms with Gasteiger partial charge >= 0.3 is 5.97 Å². The van der Waals surface area contributed by atoms with Gasteiger partial charge in [-0.25, -0.2) is 8.78 Å². The van der Waals surface area contributed by atoms with Crippen molar-refractivity contribution in [3.05, 3.63) is 35.4 Å². The van der Waals surface area contributed by atoms with Gasteiger partial charge in [-0.15, -0.1) is 0 Å². The Morgan fingerprint density at radius 3 is 2.13 bits per heavy atom. The first-order valence-electron chi connectivity index (χ1n) is 4.36. The van der Waals surface area contributed by atoms with E-state index in [0.29, 0.717) is 5.56 Å². The number of halogens is 2. The lowest BCUT2D eigenvalue weighted by atomic mass is 10.0. The van der Waals surface area contributed by atoms with E-state index in [9.17, 15) is 13.6 Å². The molecule has 5 heteroatoms. The summed E-state index contributed by atoms with van der Waals surface area (Å²) in [5.41, 5.74) is 6.00.